The van der Waals surface area contributed by atoms with Crippen molar-refractivity contribution in [1.29, 1.82) is 0 Å². The molecule has 1 aliphatic heterocycles. The van der Waals surface area contributed by atoms with Gasteiger partial charge in [0.05, 0.1) is 12.8 Å². The number of rotatable bonds is 5. The van der Waals surface area contributed by atoms with E-state index in [0.717, 1.165) is 10.6 Å². The number of benzene rings is 1. The Bertz CT molecular complexity index is 655. The van der Waals surface area contributed by atoms with E-state index in [1.165, 1.54) is 0 Å². The molecule has 0 saturated carbocycles. The summed E-state index contributed by atoms with van der Waals surface area (Å²) >= 11 is 1.55. The Morgan fingerprint density at radius 1 is 1.33 bits per heavy atom. The van der Waals surface area contributed by atoms with Gasteiger partial charge in [0.25, 0.3) is 5.91 Å². The van der Waals surface area contributed by atoms with Crippen molar-refractivity contribution in [3.8, 4) is 11.5 Å². The molecule has 0 atom stereocenters. The normalized spacial score (nSPS) is 12.6. The quantitative estimate of drug-likeness (QED) is 0.655. The molecule has 3 rings (SSSR count). The lowest BCUT2D eigenvalue weighted by atomic mass is 10.3. The van der Waals surface area contributed by atoms with Gasteiger partial charge in [-0.05, 0) is 23.6 Å². The molecule has 21 heavy (non-hydrogen) atoms. The molecular weight excluding hydrogens is 290 g/mol. The van der Waals surface area contributed by atoms with Crippen LogP contribution in [0.4, 0.5) is 5.69 Å². The molecule has 1 aromatic carbocycles. The summed E-state index contributed by atoms with van der Waals surface area (Å²) in [5, 5.41) is 8.83. The van der Waals surface area contributed by atoms with Gasteiger partial charge in [-0.15, -0.1) is 11.3 Å². The molecule has 0 unspecified atom stereocenters. The van der Waals surface area contributed by atoms with E-state index in [4.69, 9.17) is 9.47 Å². The Kier molecular flexibility index (Phi) is 4.02. The van der Waals surface area contributed by atoms with Crippen molar-refractivity contribution in [3.63, 3.8) is 0 Å². The summed E-state index contributed by atoms with van der Waals surface area (Å²) in [6, 6.07) is 9.28. The van der Waals surface area contributed by atoms with Crippen molar-refractivity contribution in [3.05, 3.63) is 40.6 Å². The topological polar surface area (TPSA) is 72.0 Å². The Balaban J connectivity index is 1.47. The highest BCUT2D eigenvalue weighted by Crippen LogP contribution is 2.34. The minimum absolute atomic E-state index is 0.126. The second-order valence-corrected chi connectivity index (χ2v) is 5.21. The zero-order valence-electron chi connectivity index (χ0n) is 11.0. The second kappa shape index (κ2) is 6.27. The fourth-order valence-electron chi connectivity index (χ4n) is 1.76. The number of anilines is 1. The lowest BCUT2D eigenvalue weighted by Crippen LogP contribution is -2.25. The molecule has 6 nitrogen and oxygen atoms in total. The van der Waals surface area contributed by atoms with Crippen LogP contribution in [0, 0.1) is 0 Å². The van der Waals surface area contributed by atoms with Gasteiger partial charge in [-0.2, -0.15) is 5.10 Å². The van der Waals surface area contributed by atoms with Crippen LogP contribution >= 0.6 is 11.3 Å². The highest BCUT2D eigenvalue weighted by molar-refractivity contribution is 7.11. The Labute approximate surface area is 125 Å². The SMILES string of the molecule is O=C(CNc1ccc2c(c1)OCO2)N/N=C\c1cccs1. The van der Waals surface area contributed by atoms with Gasteiger partial charge in [-0.25, -0.2) is 5.43 Å². The number of nitrogens with one attached hydrogen (secondary N) is 2. The van der Waals surface area contributed by atoms with Crippen molar-refractivity contribution in [1.82, 2.24) is 5.43 Å². The van der Waals surface area contributed by atoms with Crippen LogP contribution in [0.5, 0.6) is 11.5 Å². The molecule has 2 aromatic rings. The fraction of sp³-hybridized carbons (Fsp3) is 0.143. The van der Waals surface area contributed by atoms with Crippen LogP contribution in [0.1, 0.15) is 4.88 Å². The largest absolute Gasteiger partial charge is 0.454 e. The summed E-state index contributed by atoms with van der Waals surface area (Å²) in [6.07, 6.45) is 1.61. The van der Waals surface area contributed by atoms with Crippen LogP contribution in [0.25, 0.3) is 0 Å². The van der Waals surface area contributed by atoms with E-state index >= 15 is 0 Å². The summed E-state index contributed by atoms with van der Waals surface area (Å²) in [5.41, 5.74) is 3.25. The minimum atomic E-state index is -0.222. The van der Waals surface area contributed by atoms with E-state index in [-0.39, 0.29) is 19.2 Å². The first-order valence-electron chi connectivity index (χ1n) is 6.30. The molecule has 7 heteroatoms. The number of carbonyl (C=O) groups is 1. The maximum atomic E-state index is 11.6. The number of nitrogens with zero attached hydrogens (tertiary/aromatic N) is 1. The Morgan fingerprint density at radius 3 is 3.10 bits per heavy atom. The number of hydrogen-bond donors (Lipinski definition) is 2. The number of amides is 1. The predicted molar refractivity (Wildman–Crippen MR) is 81.1 cm³/mol. The van der Waals surface area contributed by atoms with E-state index < -0.39 is 0 Å². The minimum Gasteiger partial charge on any atom is -0.454 e. The third-order valence-electron chi connectivity index (χ3n) is 2.75. The highest BCUT2D eigenvalue weighted by atomic mass is 32.1. The number of fused-ring (bicyclic) bond motifs is 1. The van der Waals surface area contributed by atoms with Gasteiger partial charge in [0, 0.05) is 16.6 Å². The summed E-state index contributed by atoms with van der Waals surface area (Å²) < 4.78 is 10.5. The molecule has 1 aliphatic rings. The molecule has 1 amide bonds. The van der Waals surface area contributed by atoms with Gasteiger partial charge < -0.3 is 14.8 Å². The second-order valence-electron chi connectivity index (χ2n) is 4.23. The van der Waals surface area contributed by atoms with Crippen molar-refractivity contribution in [2.24, 2.45) is 5.10 Å². The van der Waals surface area contributed by atoms with Crippen molar-refractivity contribution >= 4 is 29.1 Å². The van der Waals surface area contributed by atoms with Crippen molar-refractivity contribution in [2.75, 3.05) is 18.7 Å². The van der Waals surface area contributed by atoms with Crippen LogP contribution in [-0.4, -0.2) is 25.5 Å². The molecule has 108 valence electrons. The van der Waals surface area contributed by atoms with Crippen LogP contribution in [0.15, 0.2) is 40.8 Å². The van der Waals surface area contributed by atoms with Crippen LogP contribution < -0.4 is 20.2 Å². The predicted octanol–water partition coefficient (Wildman–Crippen LogP) is 2.04. The number of thiophene rings is 1. The van der Waals surface area contributed by atoms with Crippen molar-refractivity contribution in [2.45, 2.75) is 0 Å². The van der Waals surface area contributed by atoms with Crippen molar-refractivity contribution < 1.29 is 14.3 Å². The molecule has 2 heterocycles. The van der Waals surface area contributed by atoms with Gasteiger partial charge in [0.2, 0.25) is 6.79 Å². The molecule has 0 radical (unpaired) electrons. The molecule has 2 N–H and O–H groups in total. The molecule has 1 aromatic heterocycles. The zero-order valence-corrected chi connectivity index (χ0v) is 11.9. The van der Waals surface area contributed by atoms with Crippen LogP contribution in [0.2, 0.25) is 0 Å². The van der Waals surface area contributed by atoms with Gasteiger partial charge in [-0.1, -0.05) is 6.07 Å². The monoisotopic (exact) mass is 303 g/mol. The zero-order chi connectivity index (χ0) is 14.5. The number of ether oxygens (including phenoxy) is 2. The van der Waals surface area contributed by atoms with Crippen LogP contribution in [-0.2, 0) is 4.79 Å². The van der Waals surface area contributed by atoms with Gasteiger partial charge >= 0.3 is 0 Å². The Hall–Kier alpha value is -2.54. The first kappa shape index (κ1) is 13.4. The third kappa shape index (κ3) is 3.51. The van der Waals surface area contributed by atoms with Crippen LogP contribution in [0.3, 0.4) is 0 Å². The standard InChI is InChI=1S/C14H13N3O3S/c18-14(17-16-7-11-2-1-5-21-11)8-15-10-3-4-12-13(6-10)20-9-19-12/h1-7,15H,8-9H2,(H,17,18)/b16-7-. The summed E-state index contributed by atoms with van der Waals surface area (Å²) in [6.45, 7) is 0.359. The third-order valence-corrected chi connectivity index (χ3v) is 3.56. The van der Waals surface area contributed by atoms with E-state index in [1.54, 1.807) is 29.7 Å². The number of hydrazone groups is 1. The molecule has 0 aliphatic carbocycles. The van der Waals surface area contributed by atoms with E-state index in [2.05, 4.69) is 15.8 Å². The number of hydrogen-bond acceptors (Lipinski definition) is 6. The Morgan fingerprint density at radius 2 is 2.24 bits per heavy atom. The van der Waals surface area contributed by atoms with Gasteiger partial charge in [0.15, 0.2) is 11.5 Å². The maximum absolute atomic E-state index is 11.6. The van der Waals surface area contributed by atoms with Gasteiger partial charge in [-0.3, -0.25) is 4.79 Å². The molecule has 0 saturated heterocycles. The molecule has 0 fully saturated rings. The lowest BCUT2D eigenvalue weighted by molar-refractivity contribution is -0.119. The molecule has 0 spiro atoms. The lowest BCUT2D eigenvalue weighted by Gasteiger charge is -2.06. The van der Waals surface area contributed by atoms with E-state index in [0.29, 0.717) is 11.5 Å². The van der Waals surface area contributed by atoms with E-state index in [9.17, 15) is 4.79 Å². The first-order valence-corrected chi connectivity index (χ1v) is 7.18. The maximum Gasteiger partial charge on any atom is 0.259 e. The number of carbonyl (C=O) groups excluding carboxylic acids is 1. The molecular formula is C14H13N3O3S. The molecule has 0 bridgehead atoms. The average Bonchev–Trinajstić information content (AvgIpc) is 3.15. The highest BCUT2D eigenvalue weighted by Gasteiger charge is 2.13. The summed E-state index contributed by atoms with van der Waals surface area (Å²) in [7, 11) is 0. The summed E-state index contributed by atoms with van der Waals surface area (Å²) in [4.78, 5) is 12.6. The first-order chi connectivity index (χ1) is 10.3. The summed E-state index contributed by atoms with van der Waals surface area (Å²) in [5.74, 6) is 1.17. The fourth-order valence-corrected chi connectivity index (χ4v) is 2.35. The average molecular weight is 303 g/mol. The smallest absolute Gasteiger partial charge is 0.259 e. The van der Waals surface area contributed by atoms with E-state index in [1.807, 2.05) is 23.6 Å². The van der Waals surface area contributed by atoms with Gasteiger partial charge in [0.1, 0.15) is 0 Å².